The van der Waals surface area contributed by atoms with Crippen molar-refractivity contribution in [1.29, 1.82) is 0 Å². The van der Waals surface area contributed by atoms with Crippen LogP contribution in [0, 0.1) is 22.7 Å². The molecule has 40 heavy (non-hydrogen) atoms. The van der Waals surface area contributed by atoms with E-state index in [4.69, 9.17) is 0 Å². The number of carbonyl (C=O) groups excluding carboxylic acids is 1. The Balaban J connectivity index is 1.94. The zero-order chi connectivity index (χ0) is 29.8. The minimum Gasteiger partial charge on any atom is -0.506 e. The van der Waals surface area contributed by atoms with Gasteiger partial charge in [-0.2, -0.15) is 0 Å². The number of hydrogen-bond acceptors (Lipinski definition) is 3. The van der Waals surface area contributed by atoms with Crippen LogP contribution in [0.1, 0.15) is 110 Å². The van der Waals surface area contributed by atoms with Gasteiger partial charge in [-0.15, -0.1) is 0 Å². The number of aliphatic hydroxyl groups excluding tert-OH is 1. The van der Waals surface area contributed by atoms with Crippen LogP contribution in [0.4, 0.5) is 0 Å². The number of ketones is 1. The van der Waals surface area contributed by atoms with E-state index in [-0.39, 0.29) is 22.4 Å². The first-order valence-electron chi connectivity index (χ1n) is 15.0. The van der Waals surface area contributed by atoms with E-state index in [1.54, 1.807) is 0 Å². The van der Waals surface area contributed by atoms with Crippen LogP contribution in [0.3, 0.4) is 0 Å². The van der Waals surface area contributed by atoms with Crippen molar-refractivity contribution in [3.05, 3.63) is 78.0 Å². The summed E-state index contributed by atoms with van der Waals surface area (Å²) in [5.41, 5.74) is 3.24. The molecule has 218 valence electrons. The van der Waals surface area contributed by atoms with Crippen molar-refractivity contribution in [2.24, 2.45) is 22.7 Å². The van der Waals surface area contributed by atoms with Crippen molar-refractivity contribution in [3.63, 3.8) is 0 Å². The van der Waals surface area contributed by atoms with Gasteiger partial charge in [0.15, 0.2) is 0 Å². The van der Waals surface area contributed by atoms with E-state index in [0.717, 1.165) is 49.7 Å². The molecule has 2 heterocycles. The molecule has 0 saturated heterocycles. The average Bonchev–Trinajstić information content (AvgIpc) is 2.81. The molecule has 2 aliphatic rings. The molecule has 1 aromatic rings. The lowest BCUT2D eigenvalue weighted by molar-refractivity contribution is -0.113. The molecule has 3 rings (SSSR count). The number of aryl methyl sites for hydroxylation is 1. The molecular weight excluding hydrogens is 529 g/mol. The van der Waals surface area contributed by atoms with Crippen LogP contribution in [0.2, 0.25) is 0 Å². The third kappa shape index (κ3) is 10.2. The molecule has 0 amide bonds. The molecule has 0 fully saturated rings. The van der Waals surface area contributed by atoms with Crippen LogP contribution in [0.15, 0.2) is 62.6 Å². The third-order valence-electron chi connectivity index (χ3n) is 6.80. The predicted octanol–water partition coefficient (Wildman–Crippen LogP) is 11.3. The molecule has 0 unspecified atom stereocenters. The van der Waals surface area contributed by atoms with Gasteiger partial charge in [0.05, 0.1) is 11.1 Å². The van der Waals surface area contributed by atoms with Gasteiger partial charge in [0.2, 0.25) is 26.9 Å². The fourth-order valence-corrected chi connectivity index (χ4v) is 7.72. The molecule has 0 radical (unpaired) electrons. The molecule has 0 spiro atoms. The summed E-state index contributed by atoms with van der Waals surface area (Å²) in [5.74, 6) is 1.34. The topological polar surface area (TPSA) is 37.3 Å². The Hall–Kier alpha value is -1.91. The summed E-state index contributed by atoms with van der Waals surface area (Å²) >= 11 is 3.76. The molecule has 1 aliphatic heterocycles. The minimum absolute atomic E-state index is 0.0697. The molecule has 0 atom stereocenters. The van der Waals surface area contributed by atoms with Crippen LogP contribution in [-0.2, 0) is 17.6 Å². The highest BCUT2D eigenvalue weighted by Crippen LogP contribution is 2.42. The SMILES string of the molecule is CC(C)CCC1=CC(=CC2=C(O)C(=Cc3cc(CCC(C)C)[s+]c(CC(C)(C)C)c3)C2=O)C=C(CC(C)(C)C)S1. The Morgan fingerprint density at radius 3 is 1.98 bits per heavy atom. The number of aliphatic hydroxyl groups is 1. The Morgan fingerprint density at radius 1 is 0.825 bits per heavy atom. The first-order chi connectivity index (χ1) is 18.5. The number of Topliss-reactive ketones (excluding diaryl/α,β-unsaturated/α-hetero) is 1. The van der Waals surface area contributed by atoms with E-state index in [1.165, 1.54) is 19.6 Å². The first-order valence-corrected chi connectivity index (χ1v) is 16.6. The van der Waals surface area contributed by atoms with Crippen LogP contribution in [0.25, 0.3) is 6.08 Å². The summed E-state index contributed by atoms with van der Waals surface area (Å²) in [4.78, 5) is 18.6. The lowest BCUT2D eigenvalue weighted by Crippen LogP contribution is -2.21. The van der Waals surface area contributed by atoms with Crippen LogP contribution >= 0.6 is 23.1 Å². The van der Waals surface area contributed by atoms with E-state index in [9.17, 15) is 9.90 Å². The molecule has 4 heteroatoms. The van der Waals surface area contributed by atoms with Crippen molar-refractivity contribution < 1.29 is 9.90 Å². The van der Waals surface area contributed by atoms with E-state index in [1.807, 2.05) is 35.3 Å². The summed E-state index contributed by atoms with van der Waals surface area (Å²) in [6, 6.07) is 4.40. The van der Waals surface area contributed by atoms with Gasteiger partial charge in [-0.25, -0.2) is 0 Å². The number of carbonyl (C=O) groups is 1. The molecular formula is C36H51O2S2+. The maximum absolute atomic E-state index is 13.3. The summed E-state index contributed by atoms with van der Waals surface area (Å²) in [7, 11) is 0. The second kappa shape index (κ2) is 13.4. The number of allylic oxidation sites excluding steroid dienone is 8. The first kappa shape index (κ1) is 32.6. The smallest absolute Gasteiger partial charge is 0.218 e. The monoisotopic (exact) mass is 579 g/mol. The van der Waals surface area contributed by atoms with Crippen molar-refractivity contribution in [3.8, 4) is 0 Å². The van der Waals surface area contributed by atoms with Gasteiger partial charge in [0, 0.05) is 25.0 Å². The number of rotatable bonds is 10. The Morgan fingerprint density at radius 2 is 1.40 bits per heavy atom. The zero-order valence-corrected chi connectivity index (χ0v) is 28.2. The van der Waals surface area contributed by atoms with Crippen LogP contribution in [-0.4, -0.2) is 10.9 Å². The highest BCUT2D eigenvalue weighted by Gasteiger charge is 2.33. The molecule has 1 aromatic heterocycles. The standard InChI is InChI=1S/C36H50O2S2/c1-23(2)11-13-27-15-25(17-29(39-27)21-35(5,6)7)19-31-33(37)32(34(31)38)20-26-16-28(14-12-24(3)4)40-30(18-26)22-36(8,9)10/h15-20,23-24H,11-14,21-22H2,1-10H3/p+1. The van der Waals surface area contributed by atoms with Crippen LogP contribution in [0.5, 0.6) is 0 Å². The molecule has 0 saturated carbocycles. The largest absolute Gasteiger partial charge is 0.506 e. The van der Waals surface area contributed by atoms with Crippen molar-refractivity contribution in [2.75, 3.05) is 0 Å². The molecule has 2 nitrogen and oxygen atoms in total. The maximum Gasteiger partial charge on any atom is 0.218 e. The minimum atomic E-state index is -0.0697. The fourth-order valence-electron chi connectivity index (χ4n) is 4.82. The quantitative estimate of drug-likeness (QED) is 0.221. The lowest BCUT2D eigenvalue weighted by Gasteiger charge is -2.25. The highest BCUT2D eigenvalue weighted by molar-refractivity contribution is 8.06. The normalized spacial score (nSPS) is 18.6. The van der Waals surface area contributed by atoms with Gasteiger partial charge in [0.25, 0.3) is 0 Å². The van der Waals surface area contributed by atoms with E-state index < -0.39 is 0 Å². The summed E-state index contributed by atoms with van der Waals surface area (Å²) < 4.78 is 0. The van der Waals surface area contributed by atoms with E-state index >= 15 is 0 Å². The van der Waals surface area contributed by atoms with E-state index in [0.29, 0.717) is 23.0 Å². The Kier molecular flexibility index (Phi) is 10.9. The van der Waals surface area contributed by atoms with Gasteiger partial charge in [-0.3, -0.25) is 4.79 Å². The third-order valence-corrected chi connectivity index (χ3v) is 9.02. The van der Waals surface area contributed by atoms with Crippen molar-refractivity contribution in [2.45, 2.75) is 108 Å². The van der Waals surface area contributed by atoms with Gasteiger partial charge < -0.3 is 5.11 Å². The molecule has 1 aliphatic carbocycles. The van der Waals surface area contributed by atoms with Crippen molar-refractivity contribution in [1.82, 2.24) is 0 Å². The van der Waals surface area contributed by atoms with Gasteiger partial charge in [-0.05, 0) is 93.6 Å². The van der Waals surface area contributed by atoms with Crippen LogP contribution < -0.4 is 0 Å². The molecule has 0 bridgehead atoms. The van der Waals surface area contributed by atoms with Gasteiger partial charge in [-0.1, -0.05) is 81.0 Å². The predicted molar refractivity (Wildman–Crippen MR) is 178 cm³/mol. The summed E-state index contributed by atoms with van der Waals surface area (Å²) in [5, 5.41) is 11.0. The average molecular weight is 580 g/mol. The number of hydrogen-bond donors (Lipinski definition) is 1. The maximum atomic E-state index is 13.3. The Labute approximate surface area is 252 Å². The summed E-state index contributed by atoms with van der Waals surface area (Å²) in [6.07, 6.45) is 14.5. The second-order valence-electron chi connectivity index (χ2n) is 14.8. The zero-order valence-electron chi connectivity index (χ0n) is 26.5. The second-order valence-corrected chi connectivity index (χ2v) is 17.3. The summed E-state index contributed by atoms with van der Waals surface area (Å²) in [6.45, 7) is 22.6. The molecule has 0 aromatic carbocycles. The Bertz CT molecular complexity index is 1250. The molecule has 1 N–H and O–H groups in total. The van der Waals surface area contributed by atoms with Gasteiger partial charge >= 0.3 is 0 Å². The highest BCUT2D eigenvalue weighted by atomic mass is 32.2. The van der Waals surface area contributed by atoms with Gasteiger partial charge in [0.1, 0.15) is 5.76 Å². The number of thioether (sulfide) groups is 1. The van der Waals surface area contributed by atoms with Crippen molar-refractivity contribution >= 4 is 35.0 Å². The van der Waals surface area contributed by atoms with E-state index in [2.05, 4.69) is 93.5 Å². The lowest BCUT2D eigenvalue weighted by atomic mass is 9.85. The fraction of sp³-hybridized carbons (Fsp3) is 0.556.